The van der Waals surface area contributed by atoms with Crippen LogP contribution < -0.4 is 10.6 Å². The smallest absolute Gasteiger partial charge is 0.339 e. The second-order valence-electron chi connectivity index (χ2n) is 12.0. The molecule has 5 saturated carbocycles. The molecular formula is C29H40N2O4S. The summed E-state index contributed by atoms with van der Waals surface area (Å²) in [7, 11) is 0. The number of benzene rings is 1. The van der Waals surface area contributed by atoms with Crippen LogP contribution in [0.2, 0.25) is 0 Å². The number of carbonyl (C=O) groups excluding carboxylic acids is 3. The average molecular weight is 513 g/mol. The molecule has 3 atom stereocenters. The van der Waals surface area contributed by atoms with Crippen molar-refractivity contribution < 1.29 is 19.1 Å². The first-order chi connectivity index (χ1) is 17.3. The highest BCUT2D eigenvalue weighted by atomic mass is 32.2. The Balaban J connectivity index is 1.11. The van der Waals surface area contributed by atoms with Gasteiger partial charge in [-0.25, -0.2) is 4.79 Å². The van der Waals surface area contributed by atoms with E-state index in [1.54, 1.807) is 12.1 Å². The van der Waals surface area contributed by atoms with Crippen molar-refractivity contribution in [2.24, 2.45) is 29.6 Å². The highest BCUT2D eigenvalue weighted by molar-refractivity contribution is 8.00. The van der Waals surface area contributed by atoms with Crippen molar-refractivity contribution in [3.05, 3.63) is 29.8 Å². The van der Waals surface area contributed by atoms with Gasteiger partial charge in [0.05, 0.1) is 11.3 Å². The molecule has 5 fully saturated rings. The Morgan fingerprint density at radius 3 is 2.33 bits per heavy atom. The van der Waals surface area contributed by atoms with Crippen LogP contribution in [0.1, 0.15) is 82.0 Å². The number of esters is 1. The van der Waals surface area contributed by atoms with Gasteiger partial charge in [0.25, 0.3) is 5.91 Å². The summed E-state index contributed by atoms with van der Waals surface area (Å²) in [5, 5.41) is 6.45. The van der Waals surface area contributed by atoms with Gasteiger partial charge in [-0.15, -0.1) is 11.8 Å². The molecule has 1 aromatic rings. The summed E-state index contributed by atoms with van der Waals surface area (Å²) >= 11 is 1.36. The van der Waals surface area contributed by atoms with Crippen molar-refractivity contribution in [1.29, 1.82) is 0 Å². The zero-order valence-corrected chi connectivity index (χ0v) is 22.4. The molecule has 6 nitrogen and oxygen atoms in total. The van der Waals surface area contributed by atoms with E-state index in [4.69, 9.17) is 4.74 Å². The molecule has 2 N–H and O–H groups in total. The summed E-state index contributed by atoms with van der Waals surface area (Å²) in [6.45, 7) is 4.11. The zero-order valence-electron chi connectivity index (χ0n) is 21.6. The van der Waals surface area contributed by atoms with Crippen LogP contribution in [0.25, 0.3) is 0 Å². The standard InChI is InChI=1S/C29H40N2O4S/c1-18-6-5-8-24(19(18)2)30-26(32)16-35-28(34)23-7-3-4-9-25(23)36-17-27(33)31-29-13-20-10-21(14-29)12-22(11-20)15-29/h3-4,7,9,18-22,24H,5-6,8,10-17H2,1-2H3,(H,30,32)(H,31,33). The van der Waals surface area contributed by atoms with E-state index < -0.39 is 5.97 Å². The minimum absolute atomic E-state index is 0.00811. The van der Waals surface area contributed by atoms with Crippen molar-refractivity contribution in [1.82, 2.24) is 10.6 Å². The Morgan fingerprint density at radius 2 is 1.64 bits per heavy atom. The third-order valence-corrected chi connectivity index (χ3v) is 10.4. The van der Waals surface area contributed by atoms with Crippen LogP contribution in [-0.2, 0) is 14.3 Å². The summed E-state index contributed by atoms with van der Waals surface area (Å²) in [5.41, 5.74) is 0.392. The fourth-order valence-corrected chi connectivity index (χ4v) is 8.58. The molecule has 0 aliphatic heterocycles. The largest absolute Gasteiger partial charge is 0.452 e. The summed E-state index contributed by atoms with van der Waals surface area (Å²) in [4.78, 5) is 38.9. The van der Waals surface area contributed by atoms with Gasteiger partial charge in [-0.3, -0.25) is 9.59 Å². The molecular weight excluding hydrogens is 472 g/mol. The minimum Gasteiger partial charge on any atom is -0.452 e. The van der Waals surface area contributed by atoms with Crippen LogP contribution in [0.5, 0.6) is 0 Å². The second-order valence-corrected chi connectivity index (χ2v) is 13.1. The zero-order chi connectivity index (χ0) is 25.3. The molecule has 6 rings (SSSR count). The predicted octanol–water partition coefficient (Wildman–Crippen LogP) is 4.96. The van der Waals surface area contributed by atoms with Gasteiger partial charge in [-0.05, 0) is 86.7 Å². The molecule has 0 aromatic heterocycles. The molecule has 7 heteroatoms. The third-order valence-electron chi connectivity index (χ3n) is 9.30. The predicted molar refractivity (Wildman–Crippen MR) is 141 cm³/mol. The Kier molecular flexibility index (Phi) is 7.66. The van der Waals surface area contributed by atoms with Crippen molar-refractivity contribution in [3.8, 4) is 0 Å². The number of hydrogen-bond acceptors (Lipinski definition) is 5. The first kappa shape index (κ1) is 25.6. The van der Waals surface area contributed by atoms with E-state index in [2.05, 4.69) is 24.5 Å². The lowest BCUT2D eigenvalue weighted by Gasteiger charge is -2.56. The Morgan fingerprint density at radius 1 is 0.972 bits per heavy atom. The number of nitrogens with one attached hydrogen (secondary N) is 2. The lowest BCUT2D eigenvalue weighted by Crippen LogP contribution is -2.60. The summed E-state index contributed by atoms with van der Waals surface area (Å²) in [6.07, 6.45) is 10.7. The van der Waals surface area contributed by atoms with Crippen molar-refractivity contribution in [2.45, 2.75) is 88.1 Å². The van der Waals surface area contributed by atoms with Crippen molar-refractivity contribution in [2.75, 3.05) is 12.4 Å². The van der Waals surface area contributed by atoms with Crippen molar-refractivity contribution in [3.63, 3.8) is 0 Å². The van der Waals surface area contributed by atoms with Crippen LogP contribution >= 0.6 is 11.8 Å². The van der Waals surface area contributed by atoms with Gasteiger partial charge in [0.2, 0.25) is 5.91 Å². The number of amides is 2. The van der Waals surface area contributed by atoms with Gasteiger partial charge >= 0.3 is 5.97 Å². The van der Waals surface area contributed by atoms with Gasteiger partial charge in [0, 0.05) is 16.5 Å². The molecule has 36 heavy (non-hydrogen) atoms. The number of thioether (sulfide) groups is 1. The maximum Gasteiger partial charge on any atom is 0.339 e. The molecule has 3 unspecified atom stereocenters. The Bertz CT molecular complexity index is 960. The second kappa shape index (κ2) is 10.8. The van der Waals surface area contributed by atoms with Crippen LogP contribution in [0.3, 0.4) is 0 Å². The molecule has 196 valence electrons. The third kappa shape index (κ3) is 5.76. The van der Waals surface area contributed by atoms with E-state index in [-0.39, 0.29) is 35.8 Å². The van der Waals surface area contributed by atoms with Crippen molar-refractivity contribution >= 4 is 29.5 Å². The first-order valence-corrected chi connectivity index (χ1v) is 14.8. The topological polar surface area (TPSA) is 84.5 Å². The van der Waals surface area contributed by atoms with E-state index in [9.17, 15) is 14.4 Å². The van der Waals surface area contributed by atoms with Crippen LogP contribution in [-0.4, -0.2) is 41.7 Å². The lowest BCUT2D eigenvalue weighted by molar-refractivity contribution is -0.126. The Hall–Kier alpha value is -2.02. The number of hydrogen-bond donors (Lipinski definition) is 2. The van der Waals surface area contributed by atoms with Gasteiger partial charge in [-0.1, -0.05) is 38.8 Å². The molecule has 2 amide bonds. The summed E-state index contributed by atoms with van der Waals surface area (Å²) in [6, 6.07) is 7.31. The number of carbonyl (C=O) groups is 3. The maximum absolute atomic E-state index is 12.9. The quantitative estimate of drug-likeness (QED) is 0.380. The molecule has 4 bridgehead atoms. The fourth-order valence-electron chi connectivity index (χ4n) is 7.74. The van der Waals surface area contributed by atoms with Gasteiger partial charge in [0.1, 0.15) is 0 Å². The lowest BCUT2D eigenvalue weighted by atomic mass is 9.53. The van der Waals surface area contributed by atoms with Gasteiger partial charge < -0.3 is 15.4 Å². The van der Waals surface area contributed by atoms with Crippen LogP contribution in [0.4, 0.5) is 0 Å². The molecule has 0 heterocycles. The van der Waals surface area contributed by atoms with Gasteiger partial charge in [-0.2, -0.15) is 0 Å². The normalized spacial score (nSPS) is 34.7. The molecule has 0 radical (unpaired) electrons. The molecule has 5 aliphatic carbocycles. The van der Waals surface area contributed by atoms with E-state index >= 15 is 0 Å². The average Bonchev–Trinajstić information content (AvgIpc) is 2.83. The minimum atomic E-state index is -0.528. The summed E-state index contributed by atoms with van der Waals surface area (Å²) in [5.74, 6) is 2.86. The molecule has 0 saturated heterocycles. The molecule has 1 aromatic carbocycles. The summed E-state index contributed by atoms with van der Waals surface area (Å²) < 4.78 is 5.37. The highest BCUT2D eigenvalue weighted by Gasteiger charge is 2.51. The molecule has 0 spiro atoms. The van der Waals surface area contributed by atoms with Crippen LogP contribution in [0.15, 0.2) is 29.2 Å². The van der Waals surface area contributed by atoms with E-state index in [0.717, 1.165) is 49.9 Å². The first-order valence-electron chi connectivity index (χ1n) is 13.8. The van der Waals surface area contributed by atoms with E-state index in [1.807, 2.05) is 12.1 Å². The highest BCUT2D eigenvalue weighted by Crippen LogP contribution is 2.55. The van der Waals surface area contributed by atoms with E-state index in [0.29, 0.717) is 22.3 Å². The van der Waals surface area contributed by atoms with Crippen LogP contribution in [0, 0.1) is 29.6 Å². The number of ether oxygens (including phenoxy) is 1. The molecule has 5 aliphatic rings. The Labute approximate surface area is 219 Å². The number of rotatable bonds is 8. The van der Waals surface area contributed by atoms with E-state index in [1.165, 1.54) is 37.4 Å². The SMILES string of the molecule is CC1CCCC(NC(=O)COC(=O)c2ccccc2SCC(=O)NC23CC4CC(CC(C4)C2)C3)C1C. The van der Waals surface area contributed by atoms with Gasteiger partial charge in [0.15, 0.2) is 6.61 Å². The monoisotopic (exact) mass is 512 g/mol. The maximum atomic E-state index is 12.9. The fraction of sp³-hybridized carbons (Fsp3) is 0.690.